The highest BCUT2D eigenvalue weighted by atomic mass is 16.5. The van der Waals surface area contributed by atoms with Gasteiger partial charge in [0.05, 0.1) is 23.2 Å². The van der Waals surface area contributed by atoms with Crippen LogP contribution in [-0.2, 0) is 0 Å². The largest absolute Gasteiger partial charge is 0.489 e. The van der Waals surface area contributed by atoms with Crippen molar-refractivity contribution in [2.45, 2.75) is 71.3 Å². The molecule has 0 radical (unpaired) electrons. The molecule has 2 heterocycles. The molecule has 1 aliphatic heterocycles. The van der Waals surface area contributed by atoms with E-state index >= 15 is 0 Å². The van der Waals surface area contributed by atoms with Crippen LogP contribution in [0.25, 0.3) is 5.70 Å². The Kier molecular flexibility index (Phi) is 10.4. The van der Waals surface area contributed by atoms with Crippen LogP contribution in [0.1, 0.15) is 69.7 Å². The molecule has 33 heavy (non-hydrogen) atoms. The zero-order valence-electron chi connectivity index (χ0n) is 20.8. The Morgan fingerprint density at radius 2 is 2.00 bits per heavy atom. The zero-order valence-corrected chi connectivity index (χ0v) is 20.8. The fraction of sp³-hybridized carbons (Fsp3) is 0.615. The fourth-order valence-electron chi connectivity index (χ4n) is 4.35. The second-order valence-corrected chi connectivity index (χ2v) is 9.14. The fourth-order valence-corrected chi connectivity index (χ4v) is 4.35. The van der Waals surface area contributed by atoms with Gasteiger partial charge in [-0.15, -0.1) is 0 Å². The van der Waals surface area contributed by atoms with Gasteiger partial charge in [-0.1, -0.05) is 13.0 Å². The lowest BCUT2D eigenvalue weighted by molar-refractivity contribution is 0.153. The summed E-state index contributed by atoms with van der Waals surface area (Å²) in [6, 6.07) is 3.99. The van der Waals surface area contributed by atoms with Crippen LogP contribution in [0.2, 0.25) is 0 Å². The van der Waals surface area contributed by atoms with Gasteiger partial charge in [0.2, 0.25) is 0 Å². The standard InChI is InChI=1S/C26H42N6O/c1-5-27-23(16-20-32-17-9-10-18-32)15-19-31(4)30-29-21(2)25-13-14-26(22(3)28-25)33-24-11-7-6-8-12-24/h5,13-14,16,24,29-30H,2,6-12,15,17-20H2,1,3-4H3/b23-16-,27-5?. The molecule has 0 atom stereocenters. The Hall–Kier alpha value is -2.22. The van der Waals surface area contributed by atoms with Gasteiger partial charge in [0.25, 0.3) is 0 Å². The molecule has 182 valence electrons. The zero-order chi connectivity index (χ0) is 23.5. The van der Waals surface area contributed by atoms with Crippen molar-refractivity contribution in [2.24, 2.45) is 4.99 Å². The molecule has 0 unspecified atom stereocenters. The molecule has 1 aromatic heterocycles. The van der Waals surface area contributed by atoms with Crippen molar-refractivity contribution < 1.29 is 4.74 Å². The maximum Gasteiger partial charge on any atom is 0.140 e. The second kappa shape index (κ2) is 13.5. The quantitative estimate of drug-likeness (QED) is 0.359. The van der Waals surface area contributed by atoms with Crippen molar-refractivity contribution in [3.63, 3.8) is 0 Å². The number of nitrogens with one attached hydrogen (secondary N) is 2. The molecule has 0 aromatic carbocycles. The van der Waals surface area contributed by atoms with Gasteiger partial charge in [0.1, 0.15) is 5.75 Å². The predicted octanol–water partition coefficient (Wildman–Crippen LogP) is 4.47. The minimum Gasteiger partial charge on any atom is -0.489 e. The van der Waals surface area contributed by atoms with Crippen LogP contribution in [0, 0.1) is 6.92 Å². The van der Waals surface area contributed by atoms with E-state index in [-0.39, 0.29) is 0 Å². The number of aliphatic imine (C=N–C) groups is 1. The van der Waals surface area contributed by atoms with Gasteiger partial charge < -0.3 is 10.2 Å². The highest BCUT2D eigenvalue weighted by molar-refractivity contribution is 5.58. The Morgan fingerprint density at radius 3 is 2.70 bits per heavy atom. The summed E-state index contributed by atoms with van der Waals surface area (Å²) in [5.41, 5.74) is 9.94. The van der Waals surface area contributed by atoms with E-state index in [1.54, 1.807) is 0 Å². The number of likely N-dealkylation sites (tertiary alicyclic amines) is 1. The Labute approximate surface area is 199 Å². The lowest BCUT2D eigenvalue weighted by Crippen LogP contribution is -2.44. The number of hydrazine groups is 2. The third-order valence-corrected chi connectivity index (χ3v) is 6.37. The SMILES string of the molecule is C=C(NNN(C)CC/C(=C/CN1CCCC1)N=CC)c1ccc(OC2CCCCC2)c(C)n1. The first-order valence-electron chi connectivity index (χ1n) is 12.5. The van der Waals surface area contributed by atoms with Gasteiger partial charge in [-0.05, 0) is 83.7 Å². The highest BCUT2D eigenvalue weighted by Gasteiger charge is 2.16. The number of aryl methyl sites for hydroxylation is 1. The number of hydrogen-bond donors (Lipinski definition) is 2. The maximum atomic E-state index is 6.19. The van der Waals surface area contributed by atoms with Gasteiger partial charge in [-0.25, -0.2) is 9.99 Å². The average Bonchev–Trinajstić information content (AvgIpc) is 3.35. The molecule has 7 heteroatoms. The van der Waals surface area contributed by atoms with Gasteiger partial charge in [-0.3, -0.25) is 9.89 Å². The maximum absolute atomic E-state index is 6.19. The summed E-state index contributed by atoms with van der Waals surface area (Å²) in [5.74, 6) is 0.883. The number of ether oxygens (including phenoxy) is 1. The topological polar surface area (TPSA) is 65.0 Å². The van der Waals surface area contributed by atoms with Crippen molar-refractivity contribution in [2.75, 3.05) is 33.2 Å². The molecule has 2 fully saturated rings. The molecule has 1 aromatic rings. The number of pyridine rings is 1. The third kappa shape index (κ3) is 8.57. The van der Waals surface area contributed by atoms with Crippen LogP contribution in [0.3, 0.4) is 0 Å². The van der Waals surface area contributed by atoms with Crippen LogP contribution >= 0.6 is 0 Å². The lowest BCUT2D eigenvalue weighted by Gasteiger charge is -2.24. The molecule has 0 spiro atoms. The first-order chi connectivity index (χ1) is 16.0. The Balaban J connectivity index is 1.43. The van der Waals surface area contributed by atoms with Crippen LogP contribution in [-0.4, -0.2) is 60.4 Å². The van der Waals surface area contributed by atoms with E-state index in [0.29, 0.717) is 6.10 Å². The third-order valence-electron chi connectivity index (χ3n) is 6.37. The number of aromatic nitrogens is 1. The summed E-state index contributed by atoms with van der Waals surface area (Å²) in [7, 11) is 2.01. The molecule has 0 bridgehead atoms. The van der Waals surface area contributed by atoms with Gasteiger partial charge >= 0.3 is 0 Å². The summed E-state index contributed by atoms with van der Waals surface area (Å²) < 4.78 is 6.19. The minimum atomic E-state index is 0.327. The molecule has 0 amide bonds. The molecular weight excluding hydrogens is 412 g/mol. The number of hydrogen-bond acceptors (Lipinski definition) is 7. The summed E-state index contributed by atoms with van der Waals surface area (Å²) in [4.78, 5) is 11.7. The van der Waals surface area contributed by atoms with Crippen molar-refractivity contribution in [3.8, 4) is 5.75 Å². The van der Waals surface area contributed by atoms with Gasteiger partial charge in [0.15, 0.2) is 0 Å². The van der Waals surface area contributed by atoms with E-state index in [2.05, 4.69) is 33.5 Å². The number of rotatable bonds is 12. The molecule has 2 N–H and O–H groups in total. The molecule has 1 aliphatic carbocycles. The lowest BCUT2D eigenvalue weighted by atomic mass is 9.98. The van der Waals surface area contributed by atoms with E-state index in [1.807, 2.05) is 44.3 Å². The Bertz CT molecular complexity index is 809. The first kappa shape index (κ1) is 25.4. The molecule has 3 rings (SSSR count). The van der Waals surface area contributed by atoms with Crippen molar-refractivity contribution >= 4 is 11.9 Å². The van der Waals surface area contributed by atoms with Gasteiger partial charge in [0, 0.05) is 38.5 Å². The highest BCUT2D eigenvalue weighted by Crippen LogP contribution is 2.25. The predicted molar refractivity (Wildman–Crippen MR) is 137 cm³/mol. The van der Waals surface area contributed by atoms with Crippen LogP contribution in [0.4, 0.5) is 0 Å². The summed E-state index contributed by atoms with van der Waals surface area (Å²) in [6.45, 7) is 12.3. The minimum absolute atomic E-state index is 0.327. The molecule has 1 saturated carbocycles. The summed E-state index contributed by atoms with van der Waals surface area (Å²) >= 11 is 0. The van der Waals surface area contributed by atoms with E-state index < -0.39 is 0 Å². The summed E-state index contributed by atoms with van der Waals surface area (Å²) in [6.07, 6.45) is 14.1. The van der Waals surface area contributed by atoms with Crippen LogP contribution in [0.15, 0.2) is 35.5 Å². The monoisotopic (exact) mass is 454 g/mol. The van der Waals surface area contributed by atoms with Crippen molar-refractivity contribution in [3.05, 3.63) is 41.9 Å². The van der Waals surface area contributed by atoms with Gasteiger partial charge in [-0.2, -0.15) is 5.53 Å². The Morgan fingerprint density at radius 1 is 1.24 bits per heavy atom. The van der Waals surface area contributed by atoms with E-state index in [9.17, 15) is 0 Å². The summed E-state index contributed by atoms with van der Waals surface area (Å²) in [5, 5.41) is 2.01. The molecule has 7 nitrogen and oxygen atoms in total. The smallest absolute Gasteiger partial charge is 0.140 e. The molecular formula is C26H42N6O. The second-order valence-electron chi connectivity index (χ2n) is 9.14. The van der Waals surface area contributed by atoms with Crippen LogP contribution < -0.4 is 15.7 Å². The first-order valence-corrected chi connectivity index (χ1v) is 12.5. The average molecular weight is 455 g/mol. The van der Waals surface area contributed by atoms with Crippen LogP contribution in [0.5, 0.6) is 5.75 Å². The molecule has 1 saturated heterocycles. The van der Waals surface area contributed by atoms with E-state index in [0.717, 1.165) is 60.9 Å². The van der Waals surface area contributed by atoms with E-state index in [1.165, 1.54) is 45.2 Å². The van der Waals surface area contributed by atoms with Crippen molar-refractivity contribution in [1.82, 2.24) is 25.9 Å². The normalized spacial score (nSPS) is 18.4. The van der Waals surface area contributed by atoms with E-state index in [4.69, 9.17) is 9.72 Å². The van der Waals surface area contributed by atoms with Crippen molar-refractivity contribution in [1.29, 1.82) is 0 Å². The molecule has 2 aliphatic rings. The number of nitrogens with zero attached hydrogens (tertiary/aromatic N) is 4.